The molecule has 0 amide bonds. The van der Waals surface area contributed by atoms with Gasteiger partial charge in [-0.05, 0) is 51.9 Å². The zero-order valence-electron chi connectivity index (χ0n) is 11.8. The molecule has 2 rings (SSSR count). The van der Waals surface area contributed by atoms with Crippen LogP contribution in [0.25, 0.3) is 0 Å². The second-order valence-electron chi connectivity index (χ2n) is 5.78. The van der Waals surface area contributed by atoms with Crippen molar-refractivity contribution in [2.75, 3.05) is 6.26 Å². The van der Waals surface area contributed by atoms with E-state index < -0.39 is 11.4 Å². The Morgan fingerprint density at radius 2 is 2.16 bits per heavy atom. The van der Waals surface area contributed by atoms with Crippen molar-refractivity contribution in [2.45, 2.75) is 49.6 Å². The molecule has 4 nitrogen and oxygen atoms in total. The topological polar surface area (TPSA) is 60.9 Å². The lowest BCUT2D eigenvalue weighted by atomic mass is 10.1. The minimum Gasteiger partial charge on any atom is -0.598 e. The lowest BCUT2D eigenvalue weighted by molar-refractivity contribution is 0.495. The molecule has 1 aromatic rings. The predicted molar refractivity (Wildman–Crippen MR) is 80.3 cm³/mol. The van der Waals surface area contributed by atoms with Crippen molar-refractivity contribution in [3.63, 3.8) is 0 Å². The van der Waals surface area contributed by atoms with E-state index in [1.807, 2.05) is 33.1 Å². The van der Waals surface area contributed by atoms with Gasteiger partial charge in [-0.2, -0.15) is 0 Å². The van der Waals surface area contributed by atoms with Crippen LogP contribution in [0.1, 0.15) is 45.3 Å². The van der Waals surface area contributed by atoms with Gasteiger partial charge in [0, 0.05) is 17.6 Å². The van der Waals surface area contributed by atoms with Gasteiger partial charge in [-0.3, -0.25) is 0 Å². The molecule has 1 aromatic heterocycles. The SMILES string of the molecule is CSc1nccc([C@@H](N[S+]([O-])C(C)(C)C)C2CC2)n1. The van der Waals surface area contributed by atoms with Crippen molar-refractivity contribution in [3.05, 3.63) is 18.0 Å². The van der Waals surface area contributed by atoms with Gasteiger partial charge < -0.3 is 4.55 Å². The monoisotopic (exact) mass is 299 g/mol. The van der Waals surface area contributed by atoms with E-state index in [2.05, 4.69) is 14.7 Å². The van der Waals surface area contributed by atoms with Gasteiger partial charge in [-0.25, -0.2) is 9.97 Å². The molecular weight excluding hydrogens is 278 g/mol. The Morgan fingerprint density at radius 3 is 2.68 bits per heavy atom. The maximum absolute atomic E-state index is 12.3. The van der Waals surface area contributed by atoms with Crippen LogP contribution in [0.2, 0.25) is 0 Å². The van der Waals surface area contributed by atoms with E-state index in [1.165, 1.54) is 24.6 Å². The van der Waals surface area contributed by atoms with E-state index in [-0.39, 0.29) is 10.8 Å². The summed E-state index contributed by atoms with van der Waals surface area (Å²) in [7, 11) is 0. The van der Waals surface area contributed by atoms with Crippen molar-refractivity contribution in [1.82, 2.24) is 14.7 Å². The zero-order valence-corrected chi connectivity index (χ0v) is 13.5. The van der Waals surface area contributed by atoms with Gasteiger partial charge >= 0.3 is 0 Å². The first-order valence-electron chi connectivity index (χ1n) is 6.47. The molecule has 6 heteroatoms. The number of aromatic nitrogens is 2. The highest BCUT2D eigenvalue weighted by atomic mass is 32.2. The zero-order chi connectivity index (χ0) is 14.0. The van der Waals surface area contributed by atoms with Crippen molar-refractivity contribution in [2.24, 2.45) is 5.92 Å². The Morgan fingerprint density at radius 1 is 1.47 bits per heavy atom. The van der Waals surface area contributed by atoms with Gasteiger partial charge in [0.05, 0.1) is 11.7 Å². The predicted octanol–water partition coefficient (Wildman–Crippen LogP) is 2.70. The van der Waals surface area contributed by atoms with E-state index in [9.17, 15) is 4.55 Å². The summed E-state index contributed by atoms with van der Waals surface area (Å²) in [4.78, 5) is 8.74. The third-order valence-electron chi connectivity index (χ3n) is 3.04. The molecule has 1 aliphatic carbocycles. The van der Waals surface area contributed by atoms with Gasteiger partial charge in [0.15, 0.2) is 5.16 Å². The Hall–Kier alpha value is -0.300. The molecule has 0 aliphatic heterocycles. The molecule has 0 spiro atoms. The molecule has 0 bridgehead atoms. The molecule has 0 aromatic carbocycles. The minimum absolute atomic E-state index is 0.0777. The Bertz CT molecular complexity index is 432. The third-order valence-corrected chi connectivity index (χ3v) is 5.18. The summed E-state index contributed by atoms with van der Waals surface area (Å²) in [5, 5.41) is 0.770. The van der Waals surface area contributed by atoms with Crippen molar-refractivity contribution < 1.29 is 4.55 Å². The molecule has 1 fully saturated rings. The average molecular weight is 299 g/mol. The normalized spacial score (nSPS) is 19.2. The number of rotatable bonds is 5. The van der Waals surface area contributed by atoms with Gasteiger partial charge in [0.2, 0.25) is 0 Å². The lowest BCUT2D eigenvalue weighted by Gasteiger charge is -2.27. The van der Waals surface area contributed by atoms with Crippen LogP contribution in [0.3, 0.4) is 0 Å². The summed E-state index contributed by atoms with van der Waals surface area (Å²) >= 11 is 0.457. The van der Waals surface area contributed by atoms with Crippen LogP contribution < -0.4 is 4.72 Å². The largest absolute Gasteiger partial charge is 0.598 e. The first-order valence-corrected chi connectivity index (χ1v) is 8.84. The summed E-state index contributed by atoms with van der Waals surface area (Å²) in [5.74, 6) is 0.552. The van der Waals surface area contributed by atoms with E-state index in [0.717, 1.165) is 10.9 Å². The molecule has 1 unspecified atom stereocenters. The number of hydrogen-bond acceptors (Lipinski definition) is 5. The number of nitrogens with one attached hydrogen (secondary N) is 1. The van der Waals surface area contributed by atoms with E-state index in [4.69, 9.17) is 0 Å². The van der Waals surface area contributed by atoms with Crippen molar-refractivity contribution in [3.8, 4) is 0 Å². The quantitative estimate of drug-likeness (QED) is 0.514. The van der Waals surface area contributed by atoms with Crippen molar-refractivity contribution >= 4 is 23.1 Å². The van der Waals surface area contributed by atoms with Crippen LogP contribution >= 0.6 is 11.8 Å². The van der Waals surface area contributed by atoms with Crippen LogP contribution in [0.5, 0.6) is 0 Å². The van der Waals surface area contributed by atoms with Gasteiger partial charge in [-0.1, -0.05) is 11.8 Å². The van der Waals surface area contributed by atoms with E-state index >= 15 is 0 Å². The first kappa shape index (κ1) is 15.1. The van der Waals surface area contributed by atoms with Crippen molar-refractivity contribution in [1.29, 1.82) is 0 Å². The Labute approximate surface area is 122 Å². The fraction of sp³-hybridized carbons (Fsp3) is 0.692. The highest BCUT2D eigenvalue weighted by Crippen LogP contribution is 2.41. The molecule has 106 valence electrons. The molecule has 1 heterocycles. The number of hydrogen-bond donors (Lipinski definition) is 1. The molecule has 0 saturated heterocycles. The smallest absolute Gasteiger partial charge is 0.187 e. The fourth-order valence-electron chi connectivity index (χ4n) is 1.75. The van der Waals surface area contributed by atoms with Crippen LogP contribution in [0, 0.1) is 5.92 Å². The van der Waals surface area contributed by atoms with Gasteiger partial charge in [0.25, 0.3) is 0 Å². The second-order valence-corrected chi connectivity index (χ2v) is 8.55. The average Bonchev–Trinajstić information content (AvgIpc) is 3.18. The van der Waals surface area contributed by atoms with Crippen LogP contribution in [-0.2, 0) is 11.4 Å². The molecular formula is C13H21N3OS2. The summed E-state index contributed by atoms with van der Waals surface area (Å²) in [6.45, 7) is 5.94. The van der Waals surface area contributed by atoms with Crippen LogP contribution in [0.4, 0.5) is 0 Å². The first-order chi connectivity index (χ1) is 8.91. The third kappa shape index (κ3) is 4.08. The lowest BCUT2D eigenvalue weighted by Crippen LogP contribution is -2.42. The molecule has 1 aliphatic rings. The number of thioether (sulfide) groups is 1. The van der Waals surface area contributed by atoms with Gasteiger partial charge in [0.1, 0.15) is 4.75 Å². The maximum atomic E-state index is 12.3. The van der Waals surface area contributed by atoms with Crippen LogP contribution in [-0.4, -0.2) is 25.5 Å². The maximum Gasteiger partial charge on any atom is 0.187 e. The fourth-order valence-corrected chi connectivity index (χ4v) is 3.01. The standard InChI is InChI=1S/C13H21N3OS2/c1-13(2,3)19(17)16-11(9-5-6-9)10-7-8-14-12(15-10)18-4/h7-9,11,16H,5-6H2,1-4H3/t11-,19?/m0/s1. The molecule has 0 radical (unpaired) electrons. The second kappa shape index (κ2) is 5.99. The molecule has 2 atom stereocenters. The summed E-state index contributed by atoms with van der Waals surface area (Å²) < 4.78 is 15.3. The molecule has 1 saturated carbocycles. The summed E-state index contributed by atoms with van der Waals surface area (Å²) in [6, 6.07) is 2.00. The highest BCUT2D eigenvalue weighted by Gasteiger charge is 2.39. The van der Waals surface area contributed by atoms with E-state index in [1.54, 1.807) is 6.20 Å². The minimum atomic E-state index is -1.07. The Kier molecular flexibility index (Phi) is 4.76. The van der Waals surface area contributed by atoms with E-state index in [0.29, 0.717) is 5.92 Å². The molecule has 19 heavy (non-hydrogen) atoms. The summed E-state index contributed by atoms with van der Waals surface area (Å²) in [5.41, 5.74) is 0.958. The van der Waals surface area contributed by atoms with Crippen LogP contribution in [0.15, 0.2) is 17.4 Å². The highest BCUT2D eigenvalue weighted by molar-refractivity contribution is 7.98. The molecule has 1 N–H and O–H groups in total. The Balaban J connectivity index is 2.15. The summed E-state index contributed by atoms with van der Waals surface area (Å²) in [6.07, 6.45) is 6.10. The number of nitrogens with zero attached hydrogens (tertiary/aromatic N) is 2. The van der Waals surface area contributed by atoms with Gasteiger partial charge in [-0.15, -0.1) is 4.72 Å².